The third-order valence-electron chi connectivity index (χ3n) is 19.1. The molecule has 1 aromatic carbocycles. The van der Waals surface area contributed by atoms with Gasteiger partial charge in [-0.15, -0.1) is 0 Å². The quantitative estimate of drug-likeness (QED) is 0.117. The van der Waals surface area contributed by atoms with Crippen LogP contribution in [-0.2, 0) is 63.4 Å². The van der Waals surface area contributed by atoms with Crippen molar-refractivity contribution >= 4 is 34.6 Å². The van der Waals surface area contributed by atoms with Crippen LogP contribution in [0.1, 0.15) is 149 Å². The van der Waals surface area contributed by atoms with Crippen LogP contribution in [-0.4, -0.2) is 217 Å². The lowest BCUT2D eigenvalue weighted by Gasteiger charge is -2.50. The summed E-state index contributed by atoms with van der Waals surface area (Å²) < 4.78 is 59.1. The Labute approximate surface area is 497 Å². The molecule has 7 rings (SSSR count). The van der Waals surface area contributed by atoms with E-state index in [2.05, 4.69) is 20.4 Å². The average molecular weight is 1190 g/mol. The van der Waals surface area contributed by atoms with E-state index in [1.54, 1.807) is 54.7 Å². The second-order valence-electron chi connectivity index (χ2n) is 25.7. The van der Waals surface area contributed by atoms with Crippen LogP contribution in [0.15, 0.2) is 29.2 Å². The summed E-state index contributed by atoms with van der Waals surface area (Å²) in [6, 6.07) is 5.97. The van der Waals surface area contributed by atoms with Gasteiger partial charge in [0.1, 0.15) is 34.8 Å². The molecule has 4 saturated heterocycles. The minimum absolute atomic E-state index is 0.0670. The number of nitrogens with zero attached hydrogens (tertiary/aromatic N) is 4. The van der Waals surface area contributed by atoms with E-state index in [1.807, 2.05) is 51.9 Å². The molecule has 0 spiro atoms. The van der Waals surface area contributed by atoms with Crippen molar-refractivity contribution in [3.63, 3.8) is 0 Å². The van der Waals surface area contributed by atoms with Gasteiger partial charge in [0.2, 0.25) is 5.43 Å². The van der Waals surface area contributed by atoms with E-state index in [0.717, 1.165) is 69.5 Å². The van der Waals surface area contributed by atoms with E-state index < -0.39 is 114 Å². The summed E-state index contributed by atoms with van der Waals surface area (Å²) in [5, 5.41) is 35.9. The molecular weight excluding hydrogens is 1080 g/mol. The largest absolute Gasteiger partial charge is 0.462 e. The van der Waals surface area contributed by atoms with Gasteiger partial charge in [0.15, 0.2) is 18.7 Å². The standard InChI is InChI=1S/C63H100N4O17/c1-16-48-63(11,75)55(72)38(5)51(69)36(3)33-61(9,76-14)56(84-60-53(71)47(64(12)13)31-37(4)79-60)39(6)54(40(7)58(73)81-48)83-50-34-62(10,77-15)57(41(8)80-50)82-49(68)24-26-66-29-27-65(28-30-66)25-18-19-42-20-23-46-44(32-42)52(70)45(59(74)78-17-2)35-67(46)43-21-22-43/h20,23,32,35-41,43,47-48,50,53-57,60,71-72,75H,16-19,21-22,24-31,33-34H2,1-15H3/t36-,37-,38+,39+,40-,41+,47+,48-,50+,53-,54+,55-,56-,57+,60+,61-,62-,63-/m1/s1. The first-order chi connectivity index (χ1) is 39.6. The first-order valence-corrected chi connectivity index (χ1v) is 30.8. The first kappa shape index (κ1) is 67.5. The number of benzene rings is 1. The van der Waals surface area contributed by atoms with Crippen molar-refractivity contribution in [2.75, 3.05) is 74.2 Å². The van der Waals surface area contributed by atoms with E-state index in [1.165, 1.54) is 21.1 Å². The van der Waals surface area contributed by atoms with Crippen molar-refractivity contribution in [2.24, 2.45) is 23.7 Å². The molecule has 21 nitrogen and oxygen atoms in total. The predicted octanol–water partition coefficient (Wildman–Crippen LogP) is 5.46. The van der Waals surface area contributed by atoms with Gasteiger partial charge in [-0.25, -0.2) is 4.79 Å². The van der Waals surface area contributed by atoms with E-state index in [4.69, 9.17) is 42.6 Å². The van der Waals surface area contributed by atoms with Crippen LogP contribution < -0.4 is 5.43 Å². The molecule has 1 aliphatic carbocycles. The van der Waals surface area contributed by atoms with Gasteiger partial charge in [-0.3, -0.25) is 19.2 Å². The number of cyclic esters (lactones) is 1. The van der Waals surface area contributed by atoms with Crippen LogP contribution in [0.3, 0.4) is 0 Å². The highest BCUT2D eigenvalue weighted by Crippen LogP contribution is 2.43. The Morgan fingerprint density at radius 3 is 2.08 bits per heavy atom. The number of carbonyl (C=O) groups excluding carboxylic acids is 4. The summed E-state index contributed by atoms with van der Waals surface area (Å²) in [6.07, 6.45) is -3.86. The van der Waals surface area contributed by atoms with Gasteiger partial charge in [-0.2, -0.15) is 0 Å². The summed E-state index contributed by atoms with van der Waals surface area (Å²) in [5.74, 6) is -5.76. The molecule has 474 valence electrons. The number of aliphatic hydroxyl groups excluding tert-OH is 2. The van der Waals surface area contributed by atoms with Gasteiger partial charge in [-0.05, 0) is 132 Å². The fraction of sp³-hybridized carbons (Fsp3) is 0.794. The molecule has 21 heteroatoms. The Balaban J connectivity index is 1.01. The monoisotopic (exact) mass is 1180 g/mol. The van der Waals surface area contributed by atoms with Crippen molar-refractivity contribution in [2.45, 2.75) is 224 Å². The third-order valence-corrected chi connectivity index (χ3v) is 19.1. The molecule has 1 saturated carbocycles. The molecule has 0 radical (unpaired) electrons. The maximum absolute atomic E-state index is 14.6. The van der Waals surface area contributed by atoms with Gasteiger partial charge < -0.3 is 77.2 Å². The number of esters is 3. The zero-order chi connectivity index (χ0) is 61.7. The number of likely N-dealkylation sites (N-methyl/N-ethyl adjacent to an activating group) is 1. The molecule has 2 aromatic rings. The summed E-state index contributed by atoms with van der Waals surface area (Å²) in [6.45, 7) is 23.7. The number of Topliss-reactive ketones (excluding diaryl/α,β-unsaturated/α-hetero) is 1. The topological polar surface area (TPSA) is 244 Å². The smallest absolute Gasteiger partial charge is 0.343 e. The van der Waals surface area contributed by atoms with Crippen LogP contribution >= 0.6 is 0 Å². The molecule has 0 unspecified atom stereocenters. The molecule has 5 fully saturated rings. The van der Waals surface area contributed by atoms with Gasteiger partial charge in [0, 0.05) is 94.8 Å². The summed E-state index contributed by atoms with van der Waals surface area (Å²) in [7, 11) is 6.80. The lowest BCUT2D eigenvalue weighted by Crippen LogP contribution is -2.61. The number of fused-ring (bicyclic) bond motifs is 1. The number of hydrogen-bond acceptors (Lipinski definition) is 20. The molecule has 0 amide bonds. The van der Waals surface area contributed by atoms with Gasteiger partial charge in [0.05, 0.1) is 60.6 Å². The van der Waals surface area contributed by atoms with Gasteiger partial charge in [-0.1, -0.05) is 33.8 Å². The zero-order valence-electron chi connectivity index (χ0n) is 52.7. The molecule has 3 N–H and O–H groups in total. The number of ether oxygens (including phenoxy) is 9. The minimum Gasteiger partial charge on any atom is -0.462 e. The second kappa shape index (κ2) is 28.5. The van der Waals surface area contributed by atoms with E-state index in [0.29, 0.717) is 18.4 Å². The highest BCUT2D eigenvalue weighted by molar-refractivity contribution is 5.94. The highest BCUT2D eigenvalue weighted by atomic mass is 16.7. The van der Waals surface area contributed by atoms with Crippen molar-refractivity contribution < 1.29 is 77.1 Å². The van der Waals surface area contributed by atoms with E-state index in [-0.39, 0.29) is 67.3 Å². The highest BCUT2D eigenvalue weighted by Gasteiger charge is 2.55. The lowest BCUT2D eigenvalue weighted by atomic mass is 9.74. The Morgan fingerprint density at radius 2 is 1.48 bits per heavy atom. The number of aliphatic hydroxyl groups is 3. The number of aryl methyl sites for hydroxylation is 1. The van der Waals surface area contributed by atoms with Crippen molar-refractivity contribution in [3.05, 3.63) is 45.7 Å². The molecule has 5 aliphatic rings. The van der Waals surface area contributed by atoms with Crippen molar-refractivity contribution in [1.82, 2.24) is 19.3 Å². The van der Waals surface area contributed by atoms with Crippen LogP contribution in [0, 0.1) is 23.7 Å². The Kier molecular flexibility index (Phi) is 22.9. The fourth-order valence-electron chi connectivity index (χ4n) is 13.6. The number of aromatic nitrogens is 1. The average Bonchev–Trinajstić information content (AvgIpc) is 2.06. The van der Waals surface area contributed by atoms with Gasteiger partial charge >= 0.3 is 17.9 Å². The van der Waals surface area contributed by atoms with E-state index >= 15 is 0 Å². The molecule has 0 bridgehead atoms. The molecule has 18 atom stereocenters. The van der Waals surface area contributed by atoms with Crippen LogP contribution in [0.25, 0.3) is 10.9 Å². The molecule has 4 aliphatic heterocycles. The zero-order valence-corrected chi connectivity index (χ0v) is 52.7. The van der Waals surface area contributed by atoms with E-state index in [9.17, 15) is 39.3 Å². The van der Waals surface area contributed by atoms with Crippen LogP contribution in [0.5, 0.6) is 0 Å². The van der Waals surface area contributed by atoms with Crippen LogP contribution in [0.2, 0.25) is 0 Å². The summed E-state index contributed by atoms with van der Waals surface area (Å²) in [5.41, 5.74) is -2.80. The number of piperazine rings is 1. The van der Waals surface area contributed by atoms with Crippen molar-refractivity contribution in [1.29, 1.82) is 0 Å². The molecule has 5 heterocycles. The van der Waals surface area contributed by atoms with Crippen LogP contribution in [0.4, 0.5) is 0 Å². The number of carbonyl (C=O) groups is 4. The maximum atomic E-state index is 14.6. The Bertz CT molecular complexity index is 2620. The molecule has 84 heavy (non-hydrogen) atoms. The number of pyridine rings is 1. The summed E-state index contributed by atoms with van der Waals surface area (Å²) >= 11 is 0. The number of hydrogen-bond donors (Lipinski definition) is 3. The van der Waals surface area contributed by atoms with Crippen molar-refractivity contribution in [3.8, 4) is 0 Å². The Hall–Kier alpha value is -3.97. The number of rotatable bonds is 19. The maximum Gasteiger partial charge on any atom is 0.343 e. The SMILES string of the molecule is CCOC(=O)c1cn(C2CC2)c2ccc(CCCN3CCN(CCC(=O)O[C@H]4[C@H](C)O[C@@H](O[C@H]5[C@H](C)[C@@H](O[C@@H]6O[C@H](C)C[C@H](N(C)C)[C@H]6O)[C@](C)(OC)C[C@@H](C)C(=O)[C@H](C)[C@@H](O)[C@](C)(O)[C@@H](CC)OC(=O)[C@@H]5C)C[C@@]4(C)OC)CC3)cc2c1=O. The number of methoxy groups -OCH3 is 2. The minimum atomic E-state index is -2.02. The predicted molar refractivity (Wildman–Crippen MR) is 313 cm³/mol. The Morgan fingerprint density at radius 1 is 0.833 bits per heavy atom. The molecule has 1 aromatic heterocycles. The third kappa shape index (κ3) is 15.3. The fourth-order valence-corrected chi connectivity index (χ4v) is 13.6. The number of ketones is 1. The first-order valence-electron chi connectivity index (χ1n) is 30.8. The lowest BCUT2D eigenvalue weighted by molar-refractivity contribution is -0.320. The molecular formula is C63H100N4O17. The summed E-state index contributed by atoms with van der Waals surface area (Å²) in [4.78, 5) is 75.5. The second-order valence-corrected chi connectivity index (χ2v) is 25.7. The normalized spacial score (nSPS) is 37.2. The van der Waals surface area contributed by atoms with Gasteiger partial charge in [0.25, 0.3) is 0 Å².